The van der Waals surface area contributed by atoms with Crippen LogP contribution in [-0.2, 0) is 4.74 Å². The molecule has 0 saturated carbocycles. The third-order valence-electron chi connectivity index (χ3n) is 3.49. The van der Waals surface area contributed by atoms with Crippen molar-refractivity contribution < 1.29 is 4.74 Å². The number of rotatable bonds is 5. The average molecular weight is 198 g/mol. The first-order chi connectivity index (χ1) is 6.90. The molecule has 2 aliphatic heterocycles. The van der Waals surface area contributed by atoms with Gasteiger partial charge in [-0.1, -0.05) is 0 Å². The lowest BCUT2D eigenvalue weighted by Gasteiger charge is -2.31. The lowest BCUT2D eigenvalue weighted by atomic mass is 9.94. The Balaban J connectivity index is 1.65. The molecule has 2 heterocycles. The van der Waals surface area contributed by atoms with Crippen LogP contribution in [0.2, 0.25) is 0 Å². The van der Waals surface area contributed by atoms with Gasteiger partial charge >= 0.3 is 0 Å². The topological polar surface area (TPSA) is 24.5 Å². The van der Waals surface area contributed by atoms with Crippen molar-refractivity contribution in [1.82, 2.24) is 10.2 Å². The van der Waals surface area contributed by atoms with Gasteiger partial charge in [0.05, 0.1) is 6.61 Å². The van der Waals surface area contributed by atoms with E-state index in [1.807, 2.05) is 0 Å². The molecule has 2 aliphatic rings. The zero-order chi connectivity index (χ0) is 9.80. The summed E-state index contributed by atoms with van der Waals surface area (Å²) in [6.45, 7) is 8.72. The molecule has 3 atom stereocenters. The monoisotopic (exact) mass is 198 g/mol. The van der Waals surface area contributed by atoms with Crippen LogP contribution < -0.4 is 5.32 Å². The van der Waals surface area contributed by atoms with Gasteiger partial charge < -0.3 is 15.0 Å². The molecule has 0 aliphatic carbocycles. The molecule has 2 bridgehead atoms. The van der Waals surface area contributed by atoms with Crippen LogP contribution in [0.15, 0.2) is 0 Å². The van der Waals surface area contributed by atoms with Crippen LogP contribution in [-0.4, -0.2) is 50.3 Å². The van der Waals surface area contributed by atoms with Gasteiger partial charge in [-0.05, 0) is 38.8 Å². The van der Waals surface area contributed by atoms with Gasteiger partial charge in [-0.25, -0.2) is 0 Å². The fourth-order valence-electron chi connectivity index (χ4n) is 2.68. The van der Waals surface area contributed by atoms with Crippen LogP contribution in [0.1, 0.15) is 19.8 Å². The Bertz CT molecular complexity index is 175. The molecule has 0 aromatic carbocycles. The Morgan fingerprint density at radius 2 is 2.21 bits per heavy atom. The van der Waals surface area contributed by atoms with Crippen molar-refractivity contribution in [2.45, 2.75) is 25.8 Å². The number of nitrogens with one attached hydrogen (secondary N) is 1. The molecule has 2 saturated heterocycles. The van der Waals surface area contributed by atoms with Crippen molar-refractivity contribution in [3.05, 3.63) is 0 Å². The van der Waals surface area contributed by atoms with Crippen molar-refractivity contribution in [3.8, 4) is 0 Å². The third kappa shape index (κ3) is 2.47. The Morgan fingerprint density at radius 3 is 3.07 bits per heavy atom. The lowest BCUT2D eigenvalue weighted by Crippen LogP contribution is -2.44. The molecule has 2 rings (SSSR count). The maximum atomic E-state index is 5.33. The summed E-state index contributed by atoms with van der Waals surface area (Å²) in [7, 11) is 0. The first kappa shape index (κ1) is 10.4. The second-order valence-corrected chi connectivity index (χ2v) is 4.40. The van der Waals surface area contributed by atoms with E-state index < -0.39 is 0 Å². The van der Waals surface area contributed by atoms with E-state index in [0.717, 1.165) is 31.7 Å². The second kappa shape index (κ2) is 5.10. The highest BCUT2D eigenvalue weighted by molar-refractivity contribution is 4.90. The van der Waals surface area contributed by atoms with E-state index in [1.54, 1.807) is 0 Å². The highest BCUT2D eigenvalue weighted by Gasteiger charge is 2.33. The minimum Gasteiger partial charge on any atom is -0.380 e. The summed E-state index contributed by atoms with van der Waals surface area (Å²) in [6.07, 6.45) is 2.73. The van der Waals surface area contributed by atoms with Crippen LogP contribution in [0.3, 0.4) is 0 Å². The maximum Gasteiger partial charge on any atom is 0.0590 e. The summed E-state index contributed by atoms with van der Waals surface area (Å²) in [5, 5.41) is 3.63. The van der Waals surface area contributed by atoms with E-state index in [-0.39, 0.29) is 0 Å². The van der Waals surface area contributed by atoms with Crippen LogP contribution in [0, 0.1) is 5.92 Å². The number of hydrogen-bond donors (Lipinski definition) is 1. The zero-order valence-corrected chi connectivity index (χ0v) is 9.17. The molecular weight excluding hydrogens is 176 g/mol. The van der Waals surface area contributed by atoms with E-state index in [0.29, 0.717) is 0 Å². The molecule has 3 unspecified atom stereocenters. The largest absolute Gasteiger partial charge is 0.380 e. The molecule has 2 fully saturated rings. The predicted octanol–water partition coefficient (Wildman–Crippen LogP) is 0.707. The molecule has 3 nitrogen and oxygen atoms in total. The molecule has 0 radical (unpaired) electrons. The maximum absolute atomic E-state index is 5.33. The van der Waals surface area contributed by atoms with E-state index in [4.69, 9.17) is 4.74 Å². The van der Waals surface area contributed by atoms with Gasteiger partial charge in [0.25, 0.3) is 0 Å². The van der Waals surface area contributed by atoms with Gasteiger partial charge in [-0.3, -0.25) is 0 Å². The molecule has 0 aromatic heterocycles. The minimum absolute atomic E-state index is 0.759. The van der Waals surface area contributed by atoms with E-state index in [9.17, 15) is 0 Å². The number of piperidine rings is 1. The fraction of sp³-hybridized carbons (Fsp3) is 1.00. The SMILES string of the molecule is CCOCCNC1CCN2CCC1C2. The van der Waals surface area contributed by atoms with Crippen molar-refractivity contribution in [1.29, 1.82) is 0 Å². The molecule has 14 heavy (non-hydrogen) atoms. The van der Waals surface area contributed by atoms with Crippen molar-refractivity contribution >= 4 is 0 Å². The molecule has 0 amide bonds. The quantitative estimate of drug-likeness (QED) is 0.658. The zero-order valence-electron chi connectivity index (χ0n) is 9.17. The smallest absolute Gasteiger partial charge is 0.0590 e. The molecule has 1 N–H and O–H groups in total. The van der Waals surface area contributed by atoms with Gasteiger partial charge in [-0.2, -0.15) is 0 Å². The van der Waals surface area contributed by atoms with E-state index in [1.165, 1.54) is 32.5 Å². The average Bonchev–Trinajstić information content (AvgIpc) is 2.59. The summed E-state index contributed by atoms with van der Waals surface area (Å²) >= 11 is 0. The van der Waals surface area contributed by atoms with Gasteiger partial charge in [0.2, 0.25) is 0 Å². The van der Waals surface area contributed by atoms with Gasteiger partial charge in [-0.15, -0.1) is 0 Å². The third-order valence-corrected chi connectivity index (χ3v) is 3.49. The molecule has 82 valence electrons. The van der Waals surface area contributed by atoms with Crippen molar-refractivity contribution in [2.24, 2.45) is 5.92 Å². The molecular formula is C11H22N2O. The van der Waals surface area contributed by atoms with Gasteiger partial charge in [0.15, 0.2) is 0 Å². The highest BCUT2D eigenvalue weighted by atomic mass is 16.5. The van der Waals surface area contributed by atoms with Crippen LogP contribution in [0.25, 0.3) is 0 Å². The summed E-state index contributed by atoms with van der Waals surface area (Å²) in [4.78, 5) is 2.59. The summed E-state index contributed by atoms with van der Waals surface area (Å²) in [5.41, 5.74) is 0. The summed E-state index contributed by atoms with van der Waals surface area (Å²) in [5.74, 6) is 0.908. The van der Waals surface area contributed by atoms with Crippen LogP contribution >= 0.6 is 0 Å². The van der Waals surface area contributed by atoms with Crippen LogP contribution in [0.5, 0.6) is 0 Å². The standard InChI is InChI=1S/C11H22N2O/c1-2-14-8-5-12-11-4-7-13-6-3-10(11)9-13/h10-12H,2-9H2,1H3. The number of ether oxygens (including phenoxy) is 1. The van der Waals surface area contributed by atoms with Gasteiger partial charge in [0.1, 0.15) is 0 Å². The van der Waals surface area contributed by atoms with E-state index in [2.05, 4.69) is 17.1 Å². The highest BCUT2D eigenvalue weighted by Crippen LogP contribution is 2.26. The molecule has 0 spiro atoms. The van der Waals surface area contributed by atoms with Crippen molar-refractivity contribution in [2.75, 3.05) is 39.4 Å². The normalized spacial score (nSPS) is 36.2. The first-order valence-electron chi connectivity index (χ1n) is 5.93. The Morgan fingerprint density at radius 1 is 1.36 bits per heavy atom. The van der Waals surface area contributed by atoms with Crippen molar-refractivity contribution in [3.63, 3.8) is 0 Å². The predicted molar refractivity (Wildman–Crippen MR) is 57.4 cm³/mol. The number of nitrogens with zero attached hydrogens (tertiary/aromatic N) is 1. The number of fused-ring (bicyclic) bond motifs is 2. The Labute approximate surface area is 86.8 Å². The minimum atomic E-state index is 0.759. The molecule has 3 heteroatoms. The Hall–Kier alpha value is -0.120. The second-order valence-electron chi connectivity index (χ2n) is 4.40. The van der Waals surface area contributed by atoms with Crippen LogP contribution in [0.4, 0.5) is 0 Å². The lowest BCUT2D eigenvalue weighted by molar-refractivity contribution is 0.138. The summed E-state index contributed by atoms with van der Waals surface area (Å²) in [6, 6.07) is 0.759. The summed E-state index contributed by atoms with van der Waals surface area (Å²) < 4.78 is 5.33. The van der Waals surface area contributed by atoms with Gasteiger partial charge in [0, 0.05) is 25.7 Å². The Kier molecular flexibility index (Phi) is 3.79. The molecule has 0 aromatic rings. The first-order valence-corrected chi connectivity index (χ1v) is 5.93. The fourth-order valence-corrected chi connectivity index (χ4v) is 2.68. The number of hydrogen-bond acceptors (Lipinski definition) is 3. The van der Waals surface area contributed by atoms with E-state index >= 15 is 0 Å².